The molecule has 0 aliphatic rings. The van der Waals surface area contributed by atoms with Crippen LogP contribution in [0, 0.1) is 0 Å². The highest BCUT2D eigenvalue weighted by Gasteiger charge is 2.21. The van der Waals surface area contributed by atoms with Gasteiger partial charge in [-0.15, -0.1) is 11.3 Å². The fourth-order valence-corrected chi connectivity index (χ4v) is 9.25. The van der Waals surface area contributed by atoms with E-state index in [0.717, 1.165) is 54.3 Å². The number of aromatic nitrogens is 4. The number of fused-ring (bicyclic) bond motifs is 9. The molecule has 0 aliphatic heterocycles. The van der Waals surface area contributed by atoms with Crippen molar-refractivity contribution in [2.24, 2.45) is 0 Å². The molecule has 57 heavy (non-hydrogen) atoms. The summed E-state index contributed by atoms with van der Waals surface area (Å²) < 4.78 is 64.1. The molecule has 6 heteroatoms. The molecule has 12 aromatic rings. The van der Waals surface area contributed by atoms with E-state index in [1.807, 2.05) is 103 Å². The van der Waals surface area contributed by atoms with Gasteiger partial charge in [0.25, 0.3) is 0 Å². The van der Waals surface area contributed by atoms with E-state index in [0.29, 0.717) is 28.7 Å². The Kier molecular flexibility index (Phi) is 5.82. The van der Waals surface area contributed by atoms with Crippen molar-refractivity contribution in [3.05, 3.63) is 182 Å². The lowest BCUT2D eigenvalue weighted by molar-refractivity contribution is 0.669. The highest BCUT2D eigenvalue weighted by molar-refractivity contribution is 7.26. The SMILES string of the molecule is [2H]c1cc([2H])c2c(c1[2H])c1c([2H])c([2H])cc([2H])c1n2-c1ccc(-c2cccc3c2sc2ccccc23)cc1-c1nc(-c2ccccc2)nc(-c2ccc3oc4ccccc4c3c2)n1. The fourth-order valence-electron chi connectivity index (χ4n) is 8.01. The van der Waals surface area contributed by atoms with E-state index in [1.54, 1.807) is 15.9 Å². The molecule has 0 saturated carbocycles. The fraction of sp³-hybridized carbons (Fsp3) is 0. The Balaban J connectivity index is 1.20. The van der Waals surface area contributed by atoms with Crippen LogP contribution >= 0.6 is 11.3 Å². The Bertz CT molecular complexity index is 3830. The Labute approximate surface area is 339 Å². The van der Waals surface area contributed by atoms with Crippen molar-refractivity contribution in [3.8, 4) is 51.0 Å². The maximum absolute atomic E-state index is 9.28. The van der Waals surface area contributed by atoms with Crippen molar-refractivity contribution in [2.75, 3.05) is 0 Å². The van der Waals surface area contributed by atoms with E-state index in [4.69, 9.17) is 24.9 Å². The minimum atomic E-state index is -0.186. The van der Waals surface area contributed by atoms with Crippen LogP contribution in [0.1, 0.15) is 8.22 Å². The minimum absolute atomic E-state index is 0.0560. The number of rotatable bonds is 5. The number of hydrogen-bond acceptors (Lipinski definition) is 5. The zero-order valence-corrected chi connectivity index (χ0v) is 30.8. The van der Waals surface area contributed by atoms with Gasteiger partial charge in [0.05, 0.1) is 24.9 Å². The summed E-state index contributed by atoms with van der Waals surface area (Å²) in [5.41, 5.74) is 6.42. The van der Waals surface area contributed by atoms with Crippen LogP contribution in [0.15, 0.2) is 186 Å². The normalized spacial score (nSPS) is 13.3. The molecular weight excluding hydrogens is 717 g/mol. The van der Waals surface area contributed by atoms with Gasteiger partial charge in [0.15, 0.2) is 17.5 Å². The van der Waals surface area contributed by atoms with Crippen LogP contribution in [0.4, 0.5) is 0 Å². The third-order valence-corrected chi connectivity index (χ3v) is 11.8. The first-order valence-corrected chi connectivity index (χ1v) is 19.3. The Morgan fingerprint density at radius 3 is 1.95 bits per heavy atom. The number of thiophene rings is 1. The predicted octanol–water partition coefficient (Wildman–Crippen LogP) is 13.9. The average molecular weight is 753 g/mol. The van der Waals surface area contributed by atoms with E-state index in [2.05, 4.69) is 30.3 Å². The molecular formula is C51H30N4OS. The van der Waals surface area contributed by atoms with Crippen LogP contribution in [-0.4, -0.2) is 19.5 Å². The van der Waals surface area contributed by atoms with Gasteiger partial charge in [0, 0.05) is 58.4 Å². The van der Waals surface area contributed by atoms with Crippen LogP contribution in [0.5, 0.6) is 0 Å². The minimum Gasteiger partial charge on any atom is -0.456 e. The summed E-state index contributed by atoms with van der Waals surface area (Å²) in [6.45, 7) is 0. The Hall–Kier alpha value is -7.41. The van der Waals surface area contributed by atoms with Crippen LogP contribution in [-0.2, 0) is 0 Å². The second-order valence-corrected chi connectivity index (χ2v) is 14.9. The molecule has 0 radical (unpaired) electrons. The first-order valence-electron chi connectivity index (χ1n) is 21.5. The zero-order valence-electron chi connectivity index (χ0n) is 36.0. The van der Waals surface area contributed by atoms with E-state index in [1.165, 1.54) is 22.2 Å². The number of hydrogen-bond donors (Lipinski definition) is 0. The van der Waals surface area contributed by atoms with E-state index < -0.39 is 0 Å². The lowest BCUT2D eigenvalue weighted by atomic mass is 9.99. The number of para-hydroxylation sites is 3. The maximum atomic E-state index is 9.28. The molecule has 0 fully saturated rings. The molecule has 0 N–H and O–H groups in total. The summed E-state index contributed by atoms with van der Waals surface area (Å²) in [5, 5.41) is 4.53. The quantitative estimate of drug-likeness (QED) is 0.176. The molecule has 5 nitrogen and oxygen atoms in total. The monoisotopic (exact) mass is 752 g/mol. The van der Waals surface area contributed by atoms with Crippen LogP contribution in [0.3, 0.4) is 0 Å². The molecule has 0 bridgehead atoms. The van der Waals surface area contributed by atoms with Crippen LogP contribution < -0.4 is 0 Å². The van der Waals surface area contributed by atoms with E-state index in [9.17, 15) is 2.74 Å². The summed E-state index contributed by atoms with van der Waals surface area (Å²) in [5.74, 6) is 1.16. The molecule has 0 saturated heterocycles. The summed E-state index contributed by atoms with van der Waals surface area (Å²) in [7, 11) is 0. The largest absolute Gasteiger partial charge is 0.456 e. The molecule has 12 rings (SSSR count). The van der Waals surface area contributed by atoms with Gasteiger partial charge in [-0.1, -0.05) is 127 Å². The second kappa shape index (κ2) is 12.6. The Morgan fingerprint density at radius 1 is 0.456 bits per heavy atom. The Morgan fingerprint density at radius 2 is 1.12 bits per heavy atom. The molecule has 0 atom stereocenters. The summed E-state index contributed by atoms with van der Waals surface area (Å²) >= 11 is 1.72. The van der Waals surface area contributed by atoms with Gasteiger partial charge in [0.1, 0.15) is 11.2 Å². The molecule has 266 valence electrons. The van der Waals surface area contributed by atoms with Crippen LogP contribution in [0.2, 0.25) is 0 Å². The standard InChI is InChI=1S/C51H30N4OS/c1-2-13-31(14-3-1)49-52-50(33-26-28-46-40(30-33)37-17-6-10-23-45(37)56-46)54-51(53-49)41-29-32(34-19-12-20-39-38-18-7-11-24-47(38)57-48(34)39)25-27-44(41)55-42-21-8-4-15-35(42)36-16-5-9-22-43(36)55/h1-30H/i4D,5D,15D,16D,21D,22D. The highest BCUT2D eigenvalue weighted by atomic mass is 32.1. The summed E-state index contributed by atoms with van der Waals surface area (Å²) in [4.78, 5) is 15.5. The summed E-state index contributed by atoms with van der Waals surface area (Å²) in [6, 6.07) is 45.9. The van der Waals surface area contributed by atoms with Gasteiger partial charge >= 0.3 is 0 Å². The van der Waals surface area contributed by atoms with Crippen molar-refractivity contribution in [3.63, 3.8) is 0 Å². The smallest absolute Gasteiger partial charge is 0.166 e. The lowest BCUT2D eigenvalue weighted by Gasteiger charge is -2.16. The van der Waals surface area contributed by atoms with Gasteiger partial charge in [-0.3, -0.25) is 0 Å². The second-order valence-electron chi connectivity index (χ2n) is 13.9. The number of nitrogens with zero attached hydrogens (tertiary/aromatic N) is 4. The zero-order chi connectivity index (χ0) is 42.7. The molecule has 4 aromatic heterocycles. The van der Waals surface area contributed by atoms with Gasteiger partial charge < -0.3 is 8.98 Å². The third-order valence-electron chi connectivity index (χ3n) is 10.6. The maximum Gasteiger partial charge on any atom is 0.166 e. The van der Waals surface area contributed by atoms with E-state index in [-0.39, 0.29) is 58.1 Å². The molecule has 0 aliphatic carbocycles. The molecule has 0 spiro atoms. The lowest BCUT2D eigenvalue weighted by Crippen LogP contribution is -2.04. The van der Waals surface area contributed by atoms with Gasteiger partial charge in [-0.25, -0.2) is 15.0 Å². The predicted molar refractivity (Wildman–Crippen MR) is 236 cm³/mol. The van der Waals surface area contributed by atoms with E-state index >= 15 is 0 Å². The van der Waals surface area contributed by atoms with Gasteiger partial charge in [0.2, 0.25) is 0 Å². The third kappa shape index (κ3) is 5.04. The molecule has 0 unspecified atom stereocenters. The molecule has 8 aromatic carbocycles. The van der Waals surface area contributed by atoms with Crippen LogP contribution in [0.25, 0.3) is 115 Å². The van der Waals surface area contributed by atoms with Crippen molar-refractivity contribution in [2.45, 2.75) is 0 Å². The number of furan rings is 1. The highest BCUT2D eigenvalue weighted by Crippen LogP contribution is 2.43. The van der Waals surface area contributed by atoms with Crippen molar-refractivity contribution < 1.29 is 12.6 Å². The first-order chi connectivity index (χ1) is 30.7. The first kappa shape index (κ1) is 26.4. The molecule has 4 heterocycles. The summed E-state index contributed by atoms with van der Waals surface area (Å²) in [6.07, 6.45) is 0. The topological polar surface area (TPSA) is 56.7 Å². The number of benzene rings is 8. The molecule has 0 amide bonds. The van der Waals surface area contributed by atoms with Gasteiger partial charge in [-0.05, 0) is 65.7 Å². The van der Waals surface area contributed by atoms with Crippen molar-refractivity contribution in [1.82, 2.24) is 19.5 Å². The van der Waals surface area contributed by atoms with Crippen molar-refractivity contribution >= 4 is 75.3 Å². The van der Waals surface area contributed by atoms with Crippen molar-refractivity contribution in [1.29, 1.82) is 0 Å². The average Bonchev–Trinajstić information content (AvgIpc) is 4.00. The van der Waals surface area contributed by atoms with Gasteiger partial charge in [-0.2, -0.15) is 0 Å².